The topological polar surface area (TPSA) is 51.2 Å². The Balaban J connectivity index is 1.71. The minimum absolute atomic E-state index is 0.118. The number of halogens is 3. The van der Waals surface area contributed by atoms with Gasteiger partial charge in [-0.1, -0.05) is 31.4 Å². The molecule has 1 saturated carbocycles. The Labute approximate surface area is 149 Å². The minimum Gasteiger partial charge on any atom is -0.410 e. The molecule has 26 heavy (non-hydrogen) atoms. The molecule has 0 unspecified atom stereocenters. The number of carbonyl (C=O) groups excluding carboxylic acids is 1. The summed E-state index contributed by atoms with van der Waals surface area (Å²) in [6, 6.07) is 7.52. The van der Waals surface area contributed by atoms with Crippen LogP contribution in [0.25, 0.3) is 11.1 Å². The fraction of sp³-hybridized carbons (Fsp3) is 0.368. The Morgan fingerprint density at radius 2 is 1.85 bits per heavy atom. The van der Waals surface area contributed by atoms with E-state index in [-0.39, 0.29) is 11.8 Å². The van der Waals surface area contributed by atoms with Crippen LogP contribution in [-0.4, -0.2) is 17.1 Å². The first-order valence-electron chi connectivity index (χ1n) is 8.53. The molecular formula is C19H19F3N2O2. The molecule has 1 aliphatic rings. The number of benzene rings is 1. The minimum atomic E-state index is -4.46. The van der Waals surface area contributed by atoms with Crippen molar-refractivity contribution in [1.29, 1.82) is 0 Å². The Hall–Kier alpha value is -2.57. The third-order valence-electron chi connectivity index (χ3n) is 4.37. The number of pyridine rings is 1. The van der Waals surface area contributed by atoms with Gasteiger partial charge in [0.1, 0.15) is 5.75 Å². The van der Waals surface area contributed by atoms with Gasteiger partial charge in [-0.25, -0.2) is 4.79 Å². The molecule has 0 aliphatic heterocycles. The van der Waals surface area contributed by atoms with E-state index in [2.05, 4.69) is 10.3 Å². The van der Waals surface area contributed by atoms with Gasteiger partial charge < -0.3 is 10.1 Å². The highest BCUT2D eigenvalue weighted by atomic mass is 19.4. The number of amides is 1. The van der Waals surface area contributed by atoms with Crippen LogP contribution in [0, 0.1) is 0 Å². The van der Waals surface area contributed by atoms with Crippen molar-refractivity contribution >= 4 is 6.09 Å². The molecule has 1 aromatic carbocycles. The lowest BCUT2D eigenvalue weighted by molar-refractivity contribution is -0.137. The number of hydrogen-bond donors (Lipinski definition) is 1. The molecule has 1 aliphatic carbocycles. The van der Waals surface area contributed by atoms with Crippen LogP contribution in [-0.2, 0) is 6.18 Å². The average molecular weight is 364 g/mol. The highest BCUT2D eigenvalue weighted by Crippen LogP contribution is 2.32. The number of hydrogen-bond acceptors (Lipinski definition) is 3. The van der Waals surface area contributed by atoms with Gasteiger partial charge in [-0.15, -0.1) is 0 Å². The van der Waals surface area contributed by atoms with E-state index in [0.29, 0.717) is 11.1 Å². The molecule has 0 radical (unpaired) electrons. The predicted molar refractivity (Wildman–Crippen MR) is 90.7 cm³/mol. The van der Waals surface area contributed by atoms with E-state index in [4.69, 9.17) is 4.74 Å². The number of alkyl halides is 3. The van der Waals surface area contributed by atoms with Crippen LogP contribution < -0.4 is 10.1 Å². The second-order valence-corrected chi connectivity index (χ2v) is 6.36. The lowest BCUT2D eigenvalue weighted by Crippen LogP contribution is -2.37. The standard InChI is InChI=1S/C19H19F3N2O2/c20-19(21,22)15-9-14(11-23-12-15)13-5-4-8-17(10-13)26-18(25)24-16-6-2-1-3-7-16/h4-5,8-12,16H,1-3,6-7H2,(H,24,25). The normalized spacial score (nSPS) is 15.5. The Morgan fingerprint density at radius 1 is 1.08 bits per heavy atom. The van der Waals surface area contributed by atoms with E-state index in [1.54, 1.807) is 18.2 Å². The van der Waals surface area contributed by atoms with Gasteiger partial charge in [-0.3, -0.25) is 4.98 Å². The van der Waals surface area contributed by atoms with Crippen molar-refractivity contribution in [2.75, 3.05) is 0 Å². The number of nitrogens with zero attached hydrogens (tertiary/aromatic N) is 1. The summed E-state index contributed by atoms with van der Waals surface area (Å²) in [5, 5.41) is 2.83. The highest BCUT2D eigenvalue weighted by molar-refractivity contribution is 5.72. The second-order valence-electron chi connectivity index (χ2n) is 6.36. The molecule has 1 aromatic heterocycles. The molecule has 0 saturated heterocycles. The molecule has 0 spiro atoms. The van der Waals surface area contributed by atoms with E-state index in [0.717, 1.165) is 37.9 Å². The molecule has 1 N–H and O–H groups in total. The Kier molecular flexibility index (Phi) is 5.44. The van der Waals surface area contributed by atoms with Crippen LogP contribution >= 0.6 is 0 Å². The molecule has 0 atom stereocenters. The fourth-order valence-corrected chi connectivity index (χ4v) is 3.04. The van der Waals surface area contributed by atoms with Crippen LogP contribution in [0.1, 0.15) is 37.7 Å². The fourth-order valence-electron chi connectivity index (χ4n) is 3.04. The summed E-state index contributed by atoms with van der Waals surface area (Å²) >= 11 is 0. The largest absolute Gasteiger partial charge is 0.417 e. The van der Waals surface area contributed by atoms with Crippen molar-refractivity contribution in [2.24, 2.45) is 0 Å². The maximum atomic E-state index is 12.8. The van der Waals surface area contributed by atoms with E-state index in [1.165, 1.54) is 18.7 Å². The molecule has 138 valence electrons. The monoisotopic (exact) mass is 364 g/mol. The third-order valence-corrected chi connectivity index (χ3v) is 4.37. The first kappa shape index (κ1) is 18.2. The van der Waals surface area contributed by atoms with Crippen molar-refractivity contribution in [3.05, 3.63) is 48.3 Å². The summed E-state index contributed by atoms with van der Waals surface area (Å²) in [5.74, 6) is 0.272. The van der Waals surface area contributed by atoms with Crippen LogP contribution in [0.2, 0.25) is 0 Å². The van der Waals surface area contributed by atoms with E-state index < -0.39 is 17.8 Å². The van der Waals surface area contributed by atoms with Gasteiger partial charge in [0.15, 0.2) is 0 Å². The molecule has 0 bridgehead atoms. The lowest BCUT2D eigenvalue weighted by Gasteiger charge is -2.22. The summed E-state index contributed by atoms with van der Waals surface area (Å²) in [6.45, 7) is 0. The van der Waals surface area contributed by atoms with Gasteiger partial charge >= 0.3 is 12.3 Å². The van der Waals surface area contributed by atoms with Gasteiger partial charge in [0, 0.05) is 24.0 Å². The van der Waals surface area contributed by atoms with E-state index in [9.17, 15) is 18.0 Å². The summed E-state index contributed by atoms with van der Waals surface area (Å²) in [5.41, 5.74) is -0.0270. The third kappa shape index (κ3) is 4.74. The molecule has 1 amide bonds. The molecule has 2 aromatic rings. The molecule has 3 rings (SSSR count). The highest BCUT2D eigenvalue weighted by Gasteiger charge is 2.31. The molecule has 1 fully saturated rings. The second kappa shape index (κ2) is 7.76. The quantitative estimate of drug-likeness (QED) is 0.816. The summed E-state index contributed by atoms with van der Waals surface area (Å²) in [7, 11) is 0. The molecule has 1 heterocycles. The maximum absolute atomic E-state index is 12.8. The SMILES string of the molecule is O=C(NC1CCCCC1)Oc1cccc(-c2cncc(C(F)(F)F)c2)c1. The number of carbonyl (C=O) groups is 1. The smallest absolute Gasteiger partial charge is 0.410 e. The van der Waals surface area contributed by atoms with Crippen LogP contribution in [0.3, 0.4) is 0 Å². The number of ether oxygens (including phenoxy) is 1. The van der Waals surface area contributed by atoms with Crippen LogP contribution in [0.4, 0.5) is 18.0 Å². The first-order chi connectivity index (χ1) is 12.4. The Morgan fingerprint density at radius 3 is 2.58 bits per heavy atom. The molecule has 7 heteroatoms. The van der Waals surface area contributed by atoms with Crippen LogP contribution in [0.5, 0.6) is 5.75 Å². The van der Waals surface area contributed by atoms with Crippen LogP contribution in [0.15, 0.2) is 42.7 Å². The lowest BCUT2D eigenvalue weighted by atomic mass is 9.96. The number of rotatable bonds is 3. The number of aromatic nitrogens is 1. The zero-order chi connectivity index (χ0) is 18.6. The van der Waals surface area contributed by atoms with Crippen molar-refractivity contribution in [2.45, 2.75) is 44.3 Å². The maximum Gasteiger partial charge on any atom is 0.417 e. The Bertz CT molecular complexity index is 771. The molecule has 4 nitrogen and oxygen atoms in total. The zero-order valence-corrected chi connectivity index (χ0v) is 14.1. The van der Waals surface area contributed by atoms with Crippen molar-refractivity contribution in [3.8, 4) is 16.9 Å². The van der Waals surface area contributed by atoms with Gasteiger partial charge in [0.25, 0.3) is 0 Å². The summed E-state index contributed by atoms with van der Waals surface area (Å²) < 4.78 is 43.8. The predicted octanol–water partition coefficient (Wildman–Crippen LogP) is 5.19. The van der Waals surface area contributed by atoms with Gasteiger partial charge in [-0.2, -0.15) is 13.2 Å². The van der Waals surface area contributed by atoms with E-state index in [1.807, 2.05) is 0 Å². The van der Waals surface area contributed by atoms with E-state index >= 15 is 0 Å². The average Bonchev–Trinajstić information content (AvgIpc) is 2.62. The van der Waals surface area contributed by atoms with Gasteiger partial charge in [-0.05, 0) is 36.6 Å². The summed E-state index contributed by atoms with van der Waals surface area (Å²) in [4.78, 5) is 15.7. The van der Waals surface area contributed by atoms with Gasteiger partial charge in [0.05, 0.1) is 5.56 Å². The van der Waals surface area contributed by atoms with Gasteiger partial charge in [0.2, 0.25) is 0 Å². The van der Waals surface area contributed by atoms with Crippen molar-refractivity contribution in [1.82, 2.24) is 10.3 Å². The number of nitrogens with one attached hydrogen (secondary N) is 1. The molecular weight excluding hydrogens is 345 g/mol. The van der Waals surface area contributed by atoms with Crippen molar-refractivity contribution < 1.29 is 22.7 Å². The first-order valence-corrected chi connectivity index (χ1v) is 8.53. The zero-order valence-electron chi connectivity index (χ0n) is 14.1. The van der Waals surface area contributed by atoms with Crippen molar-refractivity contribution in [3.63, 3.8) is 0 Å². The summed E-state index contributed by atoms with van der Waals surface area (Å²) in [6.07, 6.45) is 2.34.